The number of hydrogen-bond donors (Lipinski definition) is 0. The Hall–Kier alpha value is -1.44. The third kappa shape index (κ3) is 1.80. The van der Waals surface area contributed by atoms with E-state index in [-0.39, 0.29) is 12.0 Å². The van der Waals surface area contributed by atoms with Gasteiger partial charge in [0.15, 0.2) is 0 Å². The largest absolute Gasteiger partial charge is 0.372 e. The van der Waals surface area contributed by atoms with Crippen molar-refractivity contribution >= 4 is 26.8 Å². The molecule has 0 saturated carbocycles. The van der Waals surface area contributed by atoms with E-state index in [0.29, 0.717) is 6.61 Å². The van der Waals surface area contributed by atoms with Gasteiger partial charge in [0.25, 0.3) is 0 Å². The van der Waals surface area contributed by atoms with E-state index >= 15 is 0 Å². The second-order valence-electron chi connectivity index (χ2n) is 4.35. The molecule has 1 aliphatic rings. The molecule has 3 rings (SSSR count). The van der Waals surface area contributed by atoms with Gasteiger partial charge >= 0.3 is 0 Å². The average Bonchev–Trinajstić information content (AvgIpc) is 2.88. The van der Waals surface area contributed by atoms with Gasteiger partial charge in [0.2, 0.25) is 0 Å². The molecular weight excluding hydrogens is 292 g/mol. The molecule has 0 spiro atoms. The van der Waals surface area contributed by atoms with Gasteiger partial charge in [-0.1, -0.05) is 28.1 Å². The zero-order valence-corrected chi connectivity index (χ0v) is 11.2. The summed E-state index contributed by atoms with van der Waals surface area (Å²) in [5, 5.41) is 10.2. The summed E-state index contributed by atoms with van der Waals surface area (Å²) in [4.78, 5) is 4.44. The third-order valence-electron chi connectivity index (χ3n) is 3.31. The lowest BCUT2D eigenvalue weighted by Crippen LogP contribution is -2.06. The third-order valence-corrected chi connectivity index (χ3v) is 4.00. The highest BCUT2D eigenvalue weighted by molar-refractivity contribution is 9.10. The van der Waals surface area contributed by atoms with Crippen LogP contribution in [0.3, 0.4) is 0 Å². The van der Waals surface area contributed by atoms with Crippen molar-refractivity contribution in [3.63, 3.8) is 0 Å². The van der Waals surface area contributed by atoms with Gasteiger partial charge in [0.05, 0.1) is 17.5 Å². The molecule has 18 heavy (non-hydrogen) atoms. The molecule has 1 fully saturated rings. The van der Waals surface area contributed by atoms with Crippen molar-refractivity contribution in [1.82, 2.24) is 4.98 Å². The molecule has 4 heteroatoms. The zero-order valence-electron chi connectivity index (χ0n) is 9.64. The van der Waals surface area contributed by atoms with Crippen LogP contribution in [0.25, 0.3) is 10.9 Å². The van der Waals surface area contributed by atoms with Gasteiger partial charge in [-0.3, -0.25) is 4.98 Å². The lowest BCUT2D eigenvalue weighted by Gasteiger charge is -2.15. The van der Waals surface area contributed by atoms with Gasteiger partial charge < -0.3 is 4.74 Å². The molecule has 0 aliphatic carbocycles. The van der Waals surface area contributed by atoms with Gasteiger partial charge in [-0.25, -0.2) is 0 Å². The quantitative estimate of drug-likeness (QED) is 0.808. The van der Waals surface area contributed by atoms with Gasteiger partial charge in [0, 0.05) is 28.2 Å². The molecule has 2 unspecified atom stereocenters. The predicted octanol–water partition coefficient (Wildman–Crippen LogP) is 3.60. The van der Waals surface area contributed by atoms with E-state index in [4.69, 9.17) is 10.00 Å². The van der Waals surface area contributed by atoms with E-state index in [1.807, 2.05) is 24.3 Å². The van der Waals surface area contributed by atoms with Crippen LogP contribution in [0.1, 0.15) is 18.1 Å². The Labute approximate surface area is 114 Å². The van der Waals surface area contributed by atoms with Crippen molar-refractivity contribution in [2.45, 2.75) is 12.5 Å². The number of aromatic nitrogens is 1. The van der Waals surface area contributed by atoms with Crippen molar-refractivity contribution in [2.75, 3.05) is 6.61 Å². The Balaban J connectivity index is 2.18. The Bertz CT molecular complexity index is 635. The summed E-state index contributed by atoms with van der Waals surface area (Å²) < 4.78 is 6.73. The second-order valence-corrected chi connectivity index (χ2v) is 5.21. The lowest BCUT2D eigenvalue weighted by molar-refractivity contribution is 0.102. The minimum Gasteiger partial charge on any atom is -0.372 e. The van der Waals surface area contributed by atoms with Crippen molar-refractivity contribution in [2.24, 2.45) is 5.92 Å². The van der Waals surface area contributed by atoms with Crippen LogP contribution in [0.4, 0.5) is 0 Å². The van der Waals surface area contributed by atoms with Crippen molar-refractivity contribution < 1.29 is 4.74 Å². The van der Waals surface area contributed by atoms with Crippen molar-refractivity contribution in [3.8, 4) is 6.07 Å². The van der Waals surface area contributed by atoms with Gasteiger partial charge in [-0.05, 0) is 18.6 Å². The first-order valence-electron chi connectivity index (χ1n) is 5.85. The normalized spacial score (nSPS) is 23.1. The highest BCUT2D eigenvalue weighted by Crippen LogP contribution is 2.38. The maximum absolute atomic E-state index is 9.16. The molecule has 2 heterocycles. The fourth-order valence-electron chi connectivity index (χ4n) is 2.42. The molecule has 2 aromatic rings. The topological polar surface area (TPSA) is 45.9 Å². The number of rotatable bonds is 1. The molecule has 1 saturated heterocycles. The number of benzene rings is 1. The van der Waals surface area contributed by atoms with Crippen LogP contribution in [0.15, 0.2) is 34.9 Å². The Morgan fingerprint density at radius 1 is 1.39 bits per heavy atom. The highest BCUT2D eigenvalue weighted by atomic mass is 79.9. The number of halogens is 1. The number of fused-ring (bicyclic) bond motifs is 1. The smallest absolute Gasteiger partial charge is 0.100 e. The first-order valence-corrected chi connectivity index (χ1v) is 6.65. The van der Waals surface area contributed by atoms with Crippen LogP contribution in [0.5, 0.6) is 0 Å². The average molecular weight is 303 g/mol. The van der Waals surface area contributed by atoms with Gasteiger partial charge in [-0.2, -0.15) is 5.26 Å². The first kappa shape index (κ1) is 11.6. The molecule has 0 N–H and O–H groups in total. The summed E-state index contributed by atoms with van der Waals surface area (Å²) in [5.74, 6) is -0.0728. The molecule has 90 valence electrons. The second kappa shape index (κ2) is 4.68. The molecule has 1 aromatic carbocycles. The summed E-state index contributed by atoms with van der Waals surface area (Å²) in [6.45, 7) is 0.646. The molecule has 3 nitrogen and oxygen atoms in total. The summed E-state index contributed by atoms with van der Waals surface area (Å²) in [7, 11) is 0. The SMILES string of the molecule is N#CC1CCOC1c1ccc(Br)c2cccnc12. The molecule has 1 aliphatic heterocycles. The first-order chi connectivity index (χ1) is 8.81. The number of ether oxygens (including phenoxy) is 1. The van der Waals surface area contributed by atoms with Crippen LogP contribution in [-0.4, -0.2) is 11.6 Å². The fraction of sp³-hybridized carbons (Fsp3) is 0.286. The van der Waals surface area contributed by atoms with Crippen LogP contribution >= 0.6 is 15.9 Å². The number of pyridine rings is 1. The maximum Gasteiger partial charge on any atom is 0.100 e. The van der Waals surface area contributed by atoms with Crippen LogP contribution in [-0.2, 0) is 4.74 Å². The highest BCUT2D eigenvalue weighted by Gasteiger charge is 2.31. The Kier molecular flexibility index (Phi) is 3.02. The van der Waals surface area contributed by atoms with E-state index in [2.05, 4.69) is 27.0 Å². The van der Waals surface area contributed by atoms with Gasteiger partial charge in [-0.15, -0.1) is 0 Å². The summed E-state index contributed by atoms with van der Waals surface area (Å²) in [6, 6.07) is 10.3. The Morgan fingerprint density at radius 2 is 2.28 bits per heavy atom. The number of hydrogen-bond acceptors (Lipinski definition) is 3. The number of nitrogens with zero attached hydrogens (tertiary/aromatic N) is 2. The predicted molar refractivity (Wildman–Crippen MR) is 71.9 cm³/mol. The summed E-state index contributed by atoms with van der Waals surface area (Å²) in [5.41, 5.74) is 1.93. The molecular formula is C14H11BrN2O. The fourth-order valence-corrected chi connectivity index (χ4v) is 2.87. The minimum absolute atomic E-state index is 0.0728. The molecule has 2 atom stereocenters. The van der Waals surface area contributed by atoms with Crippen LogP contribution in [0.2, 0.25) is 0 Å². The zero-order chi connectivity index (χ0) is 12.5. The van der Waals surface area contributed by atoms with Crippen molar-refractivity contribution in [1.29, 1.82) is 5.26 Å². The maximum atomic E-state index is 9.16. The summed E-state index contributed by atoms with van der Waals surface area (Å²) in [6.07, 6.45) is 2.42. The number of nitriles is 1. The van der Waals surface area contributed by atoms with E-state index in [1.165, 1.54) is 0 Å². The van der Waals surface area contributed by atoms with Gasteiger partial charge in [0.1, 0.15) is 6.10 Å². The van der Waals surface area contributed by atoms with E-state index in [9.17, 15) is 0 Å². The molecule has 0 amide bonds. The van der Waals surface area contributed by atoms with Crippen LogP contribution < -0.4 is 0 Å². The van der Waals surface area contributed by atoms with Crippen molar-refractivity contribution in [3.05, 3.63) is 40.5 Å². The van der Waals surface area contributed by atoms with E-state index in [0.717, 1.165) is 27.4 Å². The van der Waals surface area contributed by atoms with E-state index in [1.54, 1.807) is 6.20 Å². The lowest BCUT2D eigenvalue weighted by atomic mass is 9.95. The minimum atomic E-state index is -0.152. The standard InChI is InChI=1S/C14H11BrN2O/c15-12-4-3-11(13-10(12)2-1-6-17-13)14-9(8-16)5-7-18-14/h1-4,6,9,14H,5,7H2. The molecule has 0 radical (unpaired) electrons. The Morgan fingerprint density at radius 3 is 3.11 bits per heavy atom. The summed E-state index contributed by atoms with van der Waals surface area (Å²) >= 11 is 3.53. The van der Waals surface area contributed by atoms with E-state index < -0.39 is 0 Å². The molecule has 1 aromatic heterocycles. The van der Waals surface area contributed by atoms with Crippen LogP contribution in [0, 0.1) is 17.2 Å². The monoisotopic (exact) mass is 302 g/mol. The molecule has 0 bridgehead atoms.